The molecule has 0 aromatic heterocycles. The SMILES string of the molecule is COc1ccc(CC(N)c2ccc(Cl)c(C)c2)cc1OC. The maximum absolute atomic E-state index is 6.29. The fourth-order valence-electron chi connectivity index (χ4n) is 2.28. The minimum absolute atomic E-state index is 0.0842. The largest absolute Gasteiger partial charge is 0.493 e. The lowest BCUT2D eigenvalue weighted by Gasteiger charge is -2.15. The van der Waals surface area contributed by atoms with E-state index in [0.29, 0.717) is 0 Å². The zero-order valence-corrected chi connectivity index (χ0v) is 13.3. The van der Waals surface area contributed by atoms with Gasteiger partial charge in [-0.2, -0.15) is 0 Å². The topological polar surface area (TPSA) is 44.5 Å². The number of benzene rings is 2. The van der Waals surface area contributed by atoms with E-state index in [1.807, 2.05) is 43.3 Å². The second-order valence-electron chi connectivity index (χ2n) is 5.01. The van der Waals surface area contributed by atoms with Crippen molar-refractivity contribution in [2.75, 3.05) is 14.2 Å². The Bertz CT molecular complexity index is 628. The number of rotatable bonds is 5. The van der Waals surface area contributed by atoms with Gasteiger partial charge in [0.1, 0.15) is 0 Å². The van der Waals surface area contributed by atoms with Crippen molar-refractivity contribution >= 4 is 11.6 Å². The Morgan fingerprint density at radius 1 is 1.05 bits per heavy atom. The van der Waals surface area contributed by atoms with E-state index in [0.717, 1.165) is 39.6 Å². The van der Waals surface area contributed by atoms with Gasteiger partial charge in [-0.05, 0) is 48.2 Å². The van der Waals surface area contributed by atoms with Crippen molar-refractivity contribution < 1.29 is 9.47 Å². The summed E-state index contributed by atoms with van der Waals surface area (Å²) >= 11 is 6.05. The molecule has 112 valence electrons. The van der Waals surface area contributed by atoms with Crippen molar-refractivity contribution in [3.05, 3.63) is 58.1 Å². The molecular formula is C17H20ClNO2. The highest BCUT2D eigenvalue weighted by Crippen LogP contribution is 2.29. The summed E-state index contributed by atoms with van der Waals surface area (Å²) in [7, 11) is 3.25. The smallest absolute Gasteiger partial charge is 0.160 e. The first-order valence-electron chi connectivity index (χ1n) is 6.77. The number of methoxy groups -OCH3 is 2. The lowest BCUT2D eigenvalue weighted by molar-refractivity contribution is 0.354. The molecule has 2 aromatic rings. The van der Waals surface area contributed by atoms with Gasteiger partial charge in [0.15, 0.2) is 11.5 Å². The van der Waals surface area contributed by atoms with Gasteiger partial charge in [-0.1, -0.05) is 29.8 Å². The molecule has 0 fully saturated rings. The fraction of sp³-hybridized carbons (Fsp3) is 0.294. The van der Waals surface area contributed by atoms with Crippen molar-refractivity contribution in [2.24, 2.45) is 5.73 Å². The number of hydrogen-bond donors (Lipinski definition) is 1. The second kappa shape index (κ2) is 6.83. The number of ether oxygens (including phenoxy) is 2. The maximum Gasteiger partial charge on any atom is 0.160 e. The van der Waals surface area contributed by atoms with Crippen LogP contribution in [0.1, 0.15) is 22.7 Å². The van der Waals surface area contributed by atoms with Crippen LogP contribution in [-0.2, 0) is 6.42 Å². The molecule has 3 nitrogen and oxygen atoms in total. The van der Waals surface area contributed by atoms with Crippen LogP contribution in [0.5, 0.6) is 11.5 Å². The van der Waals surface area contributed by atoms with Crippen LogP contribution in [0, 0.1) is 6.92 Å². The summed E-state index contributed by atoms with van der Waals surface area (Å²) in [6, 6.07) is 11.7. The molecule has 2 N–H and O–H groups in total. The third-order valence-electron chi connectivity index (χ3n) is 3.51. The molecule has 0 saturated carbocycles. The van der Waals surface area contributed by atoms with Crippen molar-refractivity contribution in [3.63, 3.8) is 0 Å². The van der Waals surface area contributed by atoms with Crippen molar-refractivity contribution in [1.29, 1.82) is 0 Å². The molecule has 0 bridgehead atoms. The molecule has 1 atom stereocenters. The molecule has 2 rings (SSSR count). The molecule has 0 aliphatic heterocycles. The van der Waals surface area contributed by atoms with E-state index in [-0.39, 0.29) is 6.04 Å². The Morgan fingerprint density at radius 3 is 2.38 bits per heavy atom. The van der Waals surface area contributed by atoms with Gasteiger partial charge in [0.25, 0.3) is 0 Å². The van der Waals surface area contributed by atoms with Crippen LogP contribution < -0.4 is 15.2 Å². The highest BCUT2D eigenvalue weighted by atomic mass is 35.5. The fourth-order valence-corrected chi connectivity index (χ4v) is 2.40. The molecule has 0 heterocycles. The summed E-state index contributed by atoms with van der Waals surface area (Å²) in [5, 5.41) is 0.761. The Balaban J connectivity index is 2.18. The molecule has 1 unspecified atom stereocenters. The first-order chi connectivity index (χ1) is 10.0. The van der Waals surface area contributed by atoms with E-state index in [1.165, 1.54) is 0 Å². The van der Waals surface area contributed by atoms with Crippen LogP contribution in [0.3, 0.4) is 0 Å². The van der Waals surface area contributed by atoms with Crippen LogP contribution >= 0.6 is 11.6 Å². The predicted octanol–water partition coefficient (Wildman–Crippen LogP) is 3.91. The quantitative estimate of drug-likeness (QED) is 0.911. The van der Waals surface area contributed by atoms with Gasteiger partial charge in [0.2, 0.25) is 0 Å². The van der Waals surface area contributed by atoms with E-state index in [1.54, 1.807) is 14.2 Å². The zero-order valence-electron chi connectivity index (χ0n) is 12.5. The summed E-state index contributed by atoms with van der Waals surface area (Å²) in [5.74, 6) is 1.44. The summed E-state index contributed by atoms with van der Waals surface area (Å²) in [6.45, 7) is 1.98. The van der Waals surface area contributed by atoms with Gasteiger partial charge < -0.3 is 15.2 Å². The standard InChI is InChI=1S/C17H20ClNO2/c1-11-8-13(5-6-14(11)18)15(19)9-12-4-7-16(20-2)17(10-12)21-3/h4-8,10,15H,9,19H2,1-3H3. The highest BCUT2D eigenvalue weighted by Gasteiger charge is 2.11. The van der Waals surface area contributed by atoms with Crippen molar-refractivity contribution in [2.45, 2.75) is 19.4 Å². The normalized spacial score (nSPS) is 12.0. The van der Waals surface area contributed by atoms with E-state index in [9.17, 15) is 0 Å². The highest BCUT2D eigenvalue weighted by molar-refractivity contribution is 6.31. The molecule has 0 aliphatic carbocycles. The predicted molar refractivity (Wildman–Crippen MR) is 86.4 cm³/mol. The van der Waals surface area contributed by atoms with Gasteiger partial charge in [0, 0.05) is 11.1 Å². The van der Waals surface area contributed by atoms with E-state index < -0.39 is 0 Å². The van der Waals surface area contributed by atoms with Crippen LogP contribution in [0.25, 0.3) is 0 Å². The molecule has 0 radical (unpaired) electrons. The van der Waals surface area contributed by atoms with Crippen LogP contribution in [-0.4, -0.2) is 14.2 Å². The number of halogens is 1. The van der Waals surface area contributed by atoms with Gasteiger partial charge in [-0.3, -0.25) is 0 Å². The first-order valence-corrected chi connectivity index (χ1v) is 7.15. The number of nitrogens with two attached hydrogens (primary N) is 1. The van der Waals surface area contributed by atoms with E-state index >= 15 is 0 Å². The van der Waals surface area contributed by atoms with Gasteiger partial charge in [-0.25, -0.2) is 0 Å². The van der Waals surface area contributed by atoms with Gasteiger partial charge in [0.05, 0.1) is 14.2 Å². The van der Waals surface area contributed by atoms with Gasteiger partial charge in [-0.15, -0.1) is 0 Å². The lowest BCUT2D eigenvalue weighted by atomic mass is 9.98. The third kappa shape index (κ3) is 3.69. The summed E-state index contributed by atoms with van der Waals surface area (Å²) < 4.78 is 10.6. The molecule has 4 heteroatoms. The van der Waals surface area contributed by atoms with Crippen LogP contribution in [0.4, 0.5) is 0 Å². The molecule has 2 aromatic carbocycles. The average molecular weight is 306 g/mol. The van der Waals surface area contributed by atoms with E-state index in [4.69, 9.17) is 26.8 Å². The van der Waals surface area contributed by atoms with Crippen LogP contribution in [0.2, 0.25) is 5.02 Å². The minimum atomic E-state index is -0.0842. The van der Waals surface area contributed by atoms with Crippen molar-refractivity contribution in [3.8, 4) is 11.5 Å². The third-order valence-corrected chi connectivity index (χ3v) is 3.94. The molecule has 0 amide bonds. The first kappa shape index (κ1) is 15.7. The average Bonchev–Trinajstić information content (AvgIpc) is 2.49. The summed E-state index contributed by atoms with van der Waals surface area (Å²) in [6.07, 6.45) is 0.724. The number of hydrogen-bond acceptors (Lipinski definition) is 3. The lowest BCUT2D eigenvalue weighted by Crippen LogP contribution is -2.13. The monoisotopic (exact) mass is 305 g/mol. The summed E-state index contributed by atoms with van der Waals surface area (Å²) in [5.41, 5.74) is 9.51. The van der Waals surface area contributed by atoms with E-state index in [2.05, 4.69) is 0 Å². The Labute approximate surface area is 130 Å². The molecular weight excluding hydrogens is 286 g/mol. The Kier molecular flexibility index (Phi) is 5.10. The summed E-state index contributed by atoms with van der Waals surface area (Å²) in [4.78, 5) is 0. The molecule has 0 spiro atoms. The number of aryl methyl sites for hydroxylation is 1. The van der Waals surface area contributed by atoms with Crippen LogP contribution in [0.15, 0.2) is 36.4 Å². The van der Waals surface area contributed by atoms with Crippen molar-refractivity contribution in [1.82, 2.24) is 0 Å². The maximum atomic E-state index is 6.29. The molecule has 0 aliphatic rings. The zero-order chi connectivity index (χ0) is 15.4. The second-order valence-corrected chi connectivity index (χ2v) is 5.42. The Morgan fingerprint density at radius 2 is 1.76 bits per heavy atom. The van der Waals surface area contributed by atoms with Gasteiger partial charge >= 0.3 is 0 Å². The minimum Gasteiger partial charge on any atom is -0.493 e. The molecule has 0 saturated heterocycles. The molecule has 21 heavy (non-hydrogen) atoms. The Hall–Kier alpha value is -1.71.